The third-order valence-corrected chi connectivity index (χ3v) is 2.95. The van der Waals surface area contributed by atoms with Gasteiger partial charge in [-0.25, -0.2) is 9.97 Å². The van der Waals surface area contributed by atoms with E-state index in [9.17, 15) is 5.11 Å². The van der Waals surface area contributed by atoms with Gasteiger partial charge in [0, 0.05) is 10.6 Å². The molecule has 0 radical (unpaired) electrons. The van der Waals surface area contributed by atoms with E-state index in [4.69, 9.17) is 0 Å². The third kappa shape index (κ3) is 1.43. The van der Waals surface area contributed by atoms with Gasteiger partial charge in [0.25, 0.3) is 0 Å². The lowest BCUT2D eigenvalue weighted by Crippen LogP contribution is -2.07. The van der Waals surface area contributed by atoms with Gasteiger partial charge in [0.05, 0.1) is 16.8 Å². The Labute approximate surface area is 98.4 Å². The predicted molar refractivity (Wildman–Crippen MR) is 68.7 cm³/mol. The molecule has 0 amide bonds. The van der Waals surface area contributed by atoms with Crippen molar-refractivity contribution in [2.75, 3.05) is 0 Å². The van der Waals surface area contributed by atoms with E-state index in [0.717, 1.165) is 32.8 Å². The second-order valence-electron chi connectivity index (χ2n) is 4.19. The quantitative estimate of drug-likeness (QED) is 0.638. The monoisotopic (exact) mass is 224 g/mol. The molecule has 0 bridgehead atoms. The van der Waals surface area contributed by atoms with Gasteiger partial charge in [-0.05, 0) is 37.4 Å². The van der Waals surface area contributed by atoms with Crippen molar-refractivity contribution >= 4 is 27.6 Å². The topological polar surface area (TPSA) is 46.0 Å². The largest absolute Gasteiger partial charge is 0.512 e. The molecule has 2 aromatic carbocycles. The highest BCUT2D eigenvalue weighted by molar-refractivity contribution is 6.07. The lowest BCUT2D eigenvalue weighted by Gasteiger charge is -2.06. The highest BCUT2D eigenvalue weighted by Crippen LogP contribution is 2.21. The summed E-state index contributed by atoms with van der Waals surface area (Å²) in [5.41, 5.74) is 1.85. The Morgan fingerprint density at radius 1 is 1.06 bits per heavy atom. The molecule has 3 heteroatoms. The van der Waals surface area contributed by atoms with Gasteiger partial charge in [0.15, 0.2) is 0 Å². The van der Waals surface area contributed by atoms with Crippen molar-refractivity contribution in [3.63, 3.8) is 0 Å². The second kappa shape index (κ2) is 3.42. The summed E-state index contributed by atoms with van der Waals surface area (Å²) in [5, 5.41) is 12.6. The Bertz CT molecular complexity index is 755. The van der Waals surface area contributed by atoms with Crippen LogP contribution in [0.4, 0.5) is 0 Å². The molecule has 84 valence electrons. The number of benzene rings is 2. The molecule has 0 atom stereocenters. The number of aromatic nitrogens is 2. The van der Waals surface area contributed by atoms with E-state index in [1.165, 1.54) is 0 Å². The van der Waals surface area contributed by atoms with E-state index in [0.29, 0.717) is 5.76 Å². The van der Waals surface area contributed by atoms with Crippen LogP contribution in [0.15, 0.2) is 30.3 Å². The molecule has 1 aromatic heterocycles. The summed E-state index contributed by atoms with van der Waals surface area (Å²) in [6.45, 7) is 3.58. The molecule has 0 unspecified atom stereocenters. The normalized spacial score (nSPS) is 13.3. The molecule has 3 aromatic rings. The molecule has 1 N–H and O–H groups in total. The SMILES string of the molecule is C/C(O)=c1\ccc2nc(C)nc3cccc1c32. The molecule has 1 heterocycles. The number of nitrogens with zero attached hydrogens (tertiary/aromatic N) is 2. The fourth-order valence-corrected chi connectivity index (χ4v) is 2.24. The zero-order chi connectivity index (χ0) is 12.0. The maximum atomic E-state index is 9.70. The number of aliphatic hydroxyl groups excluding tert-OH is 1. The fraction of sp³-hybridized carbons (Fsp3) is 0.143. The van der Waals surface area contributed by atoms with Crippen LogP contribution in [0.3, 0.4) is 0 Å². The number of rotatable bonds is 0. The van der Waals surface area contributed by atoms with Crippen LogP contribution in [0.2, 0.25) is 0 Å². The minimum Gasteiger partial charge on any atom is -0.512 e. The molecular weight excluding hydrogens is 212 g/mol. The Hall–Kier alpha value is -2.16. The summed E-state index contributed by atoms with van der Waals surface area (Å²) >= 11 is 0. The highest BCUT2D eigenvalue weighted by Gasteiger charge is 2.06. The van der Waals surface area contributed by atoms with Crippen LogP contribution in [0.25, 0.3) is 27.6 Å². The zero-order valence-electron chi connectivity index (χ0n) is 9.73. The van der Waals surface area contributed by atoms with Crippen molar-refractivity contribution in [1.29, 1.82) is 0 Å². The number of hydrogen-bond donors (Lipinski definition) is 1. The number of aryl methyl sites for hydroxylation is 1. The predicted octanol–water partition coefficient (Wildman–Crippen LogP) is 2.50. The molecular formula is C14H12N2O. The summed E-state index contributed by atoms with van der Waals surface area (Å²) in [5.74, 6) is 1.09. The van der Waals surface area contributed by atoms with Crippen LogP contribution in [-0.4, -0.2) is 15.1 Å². The molecule has 0 aliphatic rings. The van der Waals surface area contributed by atoms with Crippen molar-refractivity contribution in [3.05, 3.63) is 41.4 Å². The van der Waals surface area contributed by atoms with Gasteiger partial charge in [0.1, 0.15) is 5.82 Å². The standard InChI is InChI=1S/C14H12N2O/c1-8(17)10-6-7-13-14-11(10)4-3-5-12(14)15-9(2)16-13/h3-7,17H,1-2H3/b10-8-. The number of aliphatic hydroxyl groups is 1. The maximum absolute atomic E-state index is 9.70. The van der Waals surface area contributed by atoms with Gasteiger partial charge in [-0.1, -0.05) is 12.1 Å². The average molecular weight is 224 g/mol. The van der Waals surface area contributed by atoms with Crippen LogP contribution in [-0.2, 0) is 0 Å². The molecule has 17 heavy (non-hydrogen) atoms. The van der Waals surface area contributed by atoms with Gasteiger partial charge < -0.3 is 5.11 Å². The van der Waals surface area contributed by atoms with Crippen LogP contribution < -0.4 is 5.22 Å². The number of hydrogen-bond acceptors (Lipinski definition) is 3. The molecule has 0 saturated heterocycles. The first kappa shape index (κ1) is 10.0. The summed E-state index contributed by atoms with van der Waals surface area (Å²) in [4.78, 5) is 8.85. The second-order valence-corrected chi connectivity index (χ2v) is 4.19. The van der Waals surface area contributed by atoms with Crippen LogP contribution in [0.5, 0.6) is 0 Å². The molecule has 3 rings (SSSR count). The summed E-state index contributed by atoms with van der Waals surface area (Å²) in [7, 11) is 0. The van der Waals surface area contributed by atoms with Gasteiger partial charge >= 0.3 is 0 Å². The maximum Gasteiger partial charge on any atom is 0.126 e. The molecule has 0 aliphatic carbocycles. The Morgan fingerprint density at radius 3 is 2.47 bits per heavy atom. The van der Waals surface area contributed by atoms with Crippen LogP contribution in [0, 0.1) is 6.92 Å². The van der Waals surface area contributed by atoms with Crippen molar-refractivity contribution < 1.29 is 5.11 Å². The van der Waals surface area contributed by atoms with Crippen molar-refractivity contribution in [1.82, 2.24) is 9.97 Å². The Balaban J connectivity index is 2.69. The van der Waals surface area contributed by atoms with Crippen molar-refractivity contribution in [3.8, 4) is 0 Å². The molecule has 0 saturated carbocycles. The lowest BCUT2D eigenvalue weighted by molar-refractivity contribution is 0.499. The van der Waals surface area contributed by atoms with Gasteiger partial charge in [-0.2, -0.15) is 0 Å². The van der Waals surface area contributed by atoms with Crippen LogP contribution >= 0.6 is 0 Å². The smallest absolute Gasteiger partial charge is 0.126 e. The van der Waals surface area contributed by atoms with Crippen molar-refractivity contribution in [2.45, 2.75) is 13.8 Å². The minimum absolute atomic E-state index is 0.319. The lowest BCUT2D eigenvalue weighted by atomic mass is 10.0. The average Bonchev–Trinajstić information content (AvgIpc) is 2.28. The van der Waals surface area contributed by atoms with E-state index in [2.05, 4.69) is 9.97 Å². The molecule has 0 fully saturated rings. The Kier molecular flexibility index (Phi) is 2.01. The van der Waals surface area contributed by atoms with E-state index in [-0.39, 0.29) is 0 Å². The fourth-order valence-electron chi connectivity index (χ4n) is 2.24. The highest BCUT2D eigenvalue weighted by atomic mass is 16.3. The summed E-state index contributed by atoms with van der Waals surface area (Å²) in [6, 6.07) is 9.75. The summed E-state index contributed by atoms with van der Waals surface area (Å²) in [6.07, 6.45) is 0. The third-order valence-electron chi connectivity index (χ3n) is 2.95. The first-order chi connectivity index (χ1) is 8.16. The van der Waals surface area contributed by atoms with E-state index >= 15 is 0 Å². The minimum atomic E-state index is 0.319. The van der Waals surface area contributed by atoms with Gasteiger partial charge in [0.2, 0.25) is 0 Å². The van der Waals surface area contributed by atoms with E-state index in [1.807, 2.05) is 37.3 Å². The first-order valence-corrected chi connectivity index (χ1v) is 5.52. The van der Waals surface area contributed by atoms with E-state index < -0.39 is 0 Å². The molecule has 0 spiro atoms. The summed E-state index contributed by atoms with van der Waals surface area (Å²) < 4.78 is 0. The zero-order valence-corrected chi connectivity index (χ0v) is 9.73. The van der Waals surface area contributed by atoms with Crippen molar-refractivity contribution in [2.24, 2.45) is 0 Å². The Morgan fingerprint density at radius 2 is 1.76 bits per heavy atom. The first-order valence-electron chi connectivity index (χ1n) is 5.52. The van der Waals surface area contributed by atoms with Gasteiger partial charge in [-0.15, -0.1) is 0 Å². The van der Waals surface area contributed by atoms with Gasteiger partial charge in [-0.3, -0.25) is 0 Å². The van der Waals surface area contributed by atoms with Crippen LogP contribution in [0.1, 0.15) is 12.7 Å². The van der Waals surface area contributed by atoms with E-state index in [1.54, 1.807) is 6.92 Å². The molecule has 0 aliphatic heterocycles. The molecule has 3 nitrogen and oxygen atoms in total.